The minimum Gasteiger partial charge on any atom is -0.477 e. The van der Waals surface area contributed by atoms with E-state index in [1.165, 1.54) is 22.8 Å². The number of carbonyl (C=O) groups is 3. The number of aliphatic hydroxyl groups is 1. The topological polar surface area (TPSA) is 107 Å². The molecule has 0 spiro atoms. The van der Waals surface area contributed by atoms with Gasteiger partial charge in [0.2, 0.25) is 5.91 Å². The van der Waals surface area contributed by atoms with Crippen LogP contribution in [0.2, 0.25) is 0 Å². The maximum absolute atomic E-state index is 14.0. The van der Waals surface area contributed by atoms with Crippen molar-refractivity contribution in [2.45, 2.75) is 51.0 Å². The predicted octanol–water partition coefficient (Wildman–Crippen LogP) is 1.62. The van der Waals surface area contributed by atoms with Crippen LogP contribution in [0.15, 0.2) is 35.6 Å². The highest BCUT2D eigenvalue weighted by molar-refractivity contribution is 6.00. The molecule has 2 N–H and O–H groups in total. The van der Waals surface area contributed by atoms with Crippen LogP contribution >= 0.6 is 0 Å². The fourth-order valence-corrected chi connectivity index (χ4v) is 4.40. The number of likely N-dealkylation sites (tertiary alicyclic amines) is 1. The van der Waals surface area contributed by atoms with Crippen molar-refractivity contribution in [3.05, 3.63) is 35.6 Å². The number of rotatable bonds is 6. The van der Waals surface area contributed by atoms with Gasteiger partial charge in [0.25, 0.3) is 0 Å². The lowest BCUT2D eigenvalue weighted by atomic mass is 9.82. The van der Waals surface area contributed by atoms with Crippen molar-refractivity contribution < 1.29 is 33.7 Å². The van der Waals surface area contributed by atoms with E-state index in [4.69, 9.17) is 4.74 Å². The Bertz CT molecular complexity index is 805. The first kappa shape index (κ1) is 21.0. The van der Waals surface area contributed by atoms with Gasteiger partial charge in [-0.1, -0.05) is 18.7 Å². The zero-order valence-electron chi connectivity index (χ0n) is 16.4. The number of carboxylic acid groups (broad SMARTS) is 1. The molecule has 0 radical (unpaired) electrons. The van der Waals surface area contributed by atoms with Crippen molar-refractivity contribution in [2.24, 2.45) is 5.92 Å². The van der Waals surface area contributed by atoms with Gasteiger partial charge in [-0.25, -0.2) is 14.0 Å². The quantitative estimate of drug-likeness (QED) is 0.511. The van der Waals surface area contributed by atoms with Gasteiger partial charge in [-0.05, 0) is 31.4 Å². The summed E-state index contributed by atoms with van der Waals surface area (Å²) in [5, 5.41) is 19.5. The molecule has 0 aliphatic carbocycles. The van der Waals surface area contributed by atoms with Crippen LogP contribution in [0.5, 0.6) is 0 Å². The molecule has 3 rings (SSSR count). The summed E-state index contributed by atoms with van der Waals surface area (Å²) in [6.07, 6.45) is 0.695. The van der Waals surface area contributed by atoms with Crippen molar-refractivity contribution in [1.29, 1.82) is 0 Å². The lowest BCUT2D eigenvalue weighted by Gasteiger charge is -2.44. The first-order chi connectivity index (χ1) is 13.7. The van der Waals surface area contributed by atoms with E-state index in [-0.39, 0.29) is 31.7 Å². The number of carboxylic acids is 1. The summed E-state index contributed by atoms with van der Waals surface area (Å²) >= 11 is 0. The predicted molar refractivity (Wildman–Crippen MR) is 100 cm³/mol. The van der Waals surface area contributed by atoms with Crippen LogP contribution in [0.4, 0.5) is 9.18 Å². The summed E-state index contributed by atoms with van der Waals surface area (Å²) < 4.78 is 19.0. The molecule has 2 fully saturated rings. The number of hydrogen-bond donors (Lipinski definition) is 2. The fraction of sp³-hybridized carbons (Fsp3) is 0.550. The maximum Gasteiger partial charge on any atom is 0.410 e. The Labute approximate surface area is 167 Å². The van der Waals surface area contributed by atoms with Crippen LogP contribution in [0.3, 0.4) is 0 Å². The molecule has 5 atom stereocenters. The average molecular weight is 408 g/mol. The Balaban J connectivity index is 1.86. The van der Waals surface area contributed by atoms with Crippen LogP contribution < -0.4 is 0 Å². The van der Waals surface area contributed by atoms with Gasteiger partial charge in [0, 0.05) is 6.42 Å². The number of alkyl halides is 1. The van der Waals surface area contributed by atoms with Crippen LogP contribution in [0.1, 0.15) is 26.7 Å². The fourth-order valence-electron chi connectivity index (χ4n) is 4.40. The van der Waals surface area contributed by atoms with Crippen molar-refractivity contribution in [2.75, 3.05) is 13.2 Å². The summed E-state index contributed by atoms with van der Waals surface area (Å²) in [6.45, 7) is 6.57. The molecule has 0 aromatic heterocycles. The number of fused-ring (bicyclic) bond motifs is 1. The monoisotopic (exact) mass is 408 g/mol. The van der Waals surface area contributed by atoms with E-state index in [0.717, 1.165) is 0 Å². The lowest BCUT2D eigenvalue weighted by molar-refractivity contribution is -0.161. The third-order valence-corrected chi connectivity index (χ3v) is 5.70. The molecule has 158 valence electrons. The number of nitrogens with zero attached hydrogens (tertiary/aromatic N) is 2. The summed E-state index contributed by atoms with van der Waals surface area (Å²) in [4.78, 5) is 38.8. The third kappa shape index (κ3) is 3.66. The third-order valence-electron chi connectivity index (χ3n) is 5.70. The second-order valence-corrected chi connectivity index (χ2v) is 7.65. The molecule has 2 saturated heterocycles. The molecule has 0 aromatic carbocycles. The second kappa shape index (κ2) is 7.98. The van der Waals surface area contributed by atoms with Gasteiger partial charge >= 0.3 is 12.1 Å². The van der Waals surface area contributed by atoms with Crippen molar-refractivity contribution in [3.63, 3.8) is 0 Å². The molecule has 1 unspecified atom stereocenters. The molecule has 0 bridgehead atoms. The number of β-lactam (4-membered cyclic amide) rings is 1. The molecule has 8 nitrogen and oxygen atoms in total. The molecule has 3 aliphatic heterocycles. The zero-order chi connectivity index (χ0) is 21.5. The first-order valence-electron chi connectivity index (χ1n) is 9.52. The van der Waals surface area contributed by atoms with E-state index in [9.17, 15) is 29.0 Å². The van der Waals surface area contributed by atoms with E-state index in [2.05, 4.69) is 6.58 Å². The van der Waals surface area contributed by atoms with Gasteiger partial charge in [-0.3, -0.25) is 9.69 Å². The van der Waals surface area contributed by atoms with E-state index in [0.29, 0.717) is 11.1 Å². The van der Waals surface area contributed by atoms with Crippen LogP contribution in [0.25, 0.3) is 0 Å². The van der Waals surface area contributed by atoms with Gasteiger partial charge in [0.15, 0.2) is 0 Å². The molecule has 9 heteroatoms. The van der Waals surface area contributed by atoms with Crippen LogP contribution in [0, 0.1) is 5.92 Å². The summed E-state index contributed by atoms with van der Waals surface area (Å²) in [5.41, 5.74) is 0.913. The molecular formula is C20H25FN2O6. The van der Waals surface area contributed by atoms with Gasteiger partial charge in [0.1, 0.15) is 18.5 Å². The smallest absolute Gasteiger partial charge is 0.410 e. The Hall–Kier alpha value is -2.68. The zero-order valence-corrected chi connectivity index (χ0v) is 16.4. The number of allylic oxidation sites excluding steroid dienone is 1. The molecule has 29 heavy (non-hydrogen) atoms. The first-order valence-corrected chi connectivity index (χ1v) is 9.52. The molecular weight excluding hydrogens is 383 g/mol. The van der Waals surface area contributed by atoms with Crippen LogP contribution in [-0.2, 0) is 14.3 Å². The molecule has 2 amide bonds. The highest BCUT2D eigenvalue weighted by Crippen LogP contribution is 2.45. The van der Waals surface area contributed by atoms with E-state index in [1.807, 2.05) is 0 Å². The van der Waals surface area contributed by atoms with Gasteiger partial charge in [-0.2, -0.15) is 0 Å². The van der Waals surface area contributed by atoms with Gasteiger partial charge in [0.05, 0.1) is 30.7 Å². The van der Waals surface area contributed by atoms with Crippen LogP contribution in [-0.4, -0.2) is 75.5 Å². The van der Waals surface area contributed by atoms with E-state index >= 15 is 0 Å². The number of carbonyl (C=O) groups excluding carboxylic acids is 2. The Kier molecular flexibility index (Phi) is 5.79. The molecule has 3 heterocycles. The van der Waals surface area contributed by atoms with Gasteiger partial charge in [-0.15, -0.1) is 0 Å². The van der Waals surface area contributed by atoms with Crippen molar-refractivity contribution in [3.8, 4) is 0 Å². The molecule has 0 saturated carbocycles. The second-order valence-electron chi connectivity index (χ2n) is 7.65. The van der Waals surface area contributed by atoms with Crippen molar-refractivity contribution >= 4 is 18.0 Å². The highest BCUT2D eigenvalue weighted by Gasteiger charge is 2.56. The van der Waals surface area contributed by atoms with Gasteiger partial charge < -0.3 is 19.8 Å². The van der Waals surface area contributed by atoms with E-state index in [1.54, 1.807) is 13.0 Å². The number of amides is 2. The number of ether oxygens (including phenoxy) is 1. The lowest BCUT2D eigenvalue weighted by Crippen LogP contribution is -2.61. The Morgan fingerprint density at radius 3 is 2.72 bits per heavy atom. The minimum atomic E-state index is -1.23. The Morgan fingerprint density at radius 1 is 1.45 bits per heavy atom. The number of aliphatic carboxylic acids is 1. The highest BCUT2D eigenvalue weighted by atomic mass is 19.1. The normalized spacial score (nSPS) is 30.2. The summed E-state index contributed by atoms with van der Waals surface area (Å²) in [5.74, 6) is -2.28. The minimum absolute atomic E-state index is 0.00943. The number of halogens is 1. The number of aliphatic hydroxyl groups excluding tert-OH is 1. The summed E-state index contributed by atoms with van der Waals surface area (Å²) in [7, 11) is 0. The molecule has 3 aliphatic rings. The Morgan fingerprint density at radius 2 is 2.14 bits per heavy atom. The number of hydrogen-bond acceptors (Lipinski definition) is 5. The summed E-state index contributed by atoms with van der Waals surface area (Å²) in [6, 6.07) is -0.987. The molecule has 0 aromatic rings. The standard InChI is InChI=1S/C20H25FN2O6/c1-4-5-29-20(28)22-9-12(21)7-13(22)6-10(2)14-8-15-16(11(3)24)18(25)23(15)17(14)19(26)27/h4,6,11-13,15-16,24H,1,5,7-9H2,2-3H3,(H,26,27)/b10-6+/t11-,12?,13-,15-,16-/m1/s1. The maximum atomic E-state index is 14.0. The largest absolute Gasteiger partial charge is 0.477 e. The van der Waals surface area contributed by atoms with Crippen molar-refractivity contribution in [1.82, 2.24) is 9.80 Å². The average Bonchev–Trinajstić information content (AvgIpc) is 3.17. The SMILES string of the molecule is C=CCOC(=O)N1CC(F)C[C@H]1/C=C(\C)C1=C(C(=O)O)N2C(=O)[C@H]([C@@H](C)O)[C@H]2C1. The van der Waals surface area contributed by atoms with E-state index < -0.39 is 48.2 Å².